The van der Waals surface area contributed by atoms with E-state index in [4.69, 9.17) is 4.74 Å². The summed E-state index contributed by atoms with van der Waals surface area (Å²) in [5, 5.41) is 9.21. The van der Waals surface area contributed by atoms with Crippen LogP contribution in [0.15, 0.2) is 0 Å². The van der Waals surface area contributed by atoms with Crippen LogP contribution in [0.2, 0.25) is 0 Å². The highest BCUT2D eigenvalue weighted by Crippen LogP contribution is 2.42. The molecule has 2 fully saturated rings. The molecule has 5 heteroatoms. The van der Waals surface area contributed by atoms with Crippen molar-refractivity contribution in [2.45, 2.75) is 25.3 Å². The Bertz CT molecular complexity index is 304. The molecular weight excluding hydrogens is 210 g/mol. The van der Waals surface area contributed by atoms with Gasteiger partial charge in [-0.05, 0) is 24.7 Å². The molecule has 1 N–H and O–H groups in total. The molecule has 0 aromatic heterocycles. The zero-order chi connectivity index (χ0) is 11.7. The van der Waals surface area contributed by atoms with Gasteiger partial charge < -0.3 is 14.7 Å². The predicted octanol–water partition coefficient (Wildman–Crippen LogP) is 0.344. The largest absolute Gasteiger partial charge is 0.480 e. The zero-order valence-corrected chi connectivity index (χ0v) is 9.39. The quantitative estimate of drug-likeness (QED) is 0.755. The predicted molar refractivity (Wildman–Crippen MR) is 55.8 cm³/mol. The van der Waals surface area contributed by atoms with Gasteiger partial charge in [0.15, 0.2) is 0 Å². The SMILES string of the molecule is COCC(=O)N1CC2CCCC2C1C(=O)O. The lowest BCUT2D eigenvalue weighted by molar-refractivity contribution is -0.151. The summed E-state index contributed by atoms with van der Waals surface area (Å²) in [5.41, 5.74) is 0. The maximum absolute atomic E-state index is 11.7. The Kier molecular flexibility index (Phi) is 3.14. The summed E-state index contributed by atoms with van der Waals surface area (Å²) >= 11 is 0. The molecule has 90 valence electrons. The lowest BCUT2D eigenvalue weighted by Gasteiger charge is -2.23. The van der Waals surface area contributed by atoms with Crippen LogP contribution in [0.25, 0.3) is 0 Å². The second kappa shape index (κ2) is 4.41. The minimum Gasteiger partial charge on any atom is -0.480 e. The zero-order valence-electron chi connectivity index (χ0n) is 9.39. The van der Waals surface area contributed by atoms with Crippen molar-refractivity contribution in [2.75, 3.05) is 20.3 Å². The first kappa shape index (κ1) is 11.4. The van der Waals surface area contributed by atoms with Gasteiger partial charge in [0.05, 0.1) is 0 Å². The molecule has 0 spiro atoms. The van der Waals surface area contributed by atoms with Crippen LogP contribution in [-0.4, -0.2) is 48.2 Å². The van der Waals surface area contributed by atoms with E-state index in [2.05, 4.69) is 0 Å². The number of carbonyl (C=O) groups is 2. The van der Waals surface area contributed by atoms with E-state index >= 15 is 0 Å². The number of likely N-dealkylation sites (tertiary alicyclic amines) is 1. The summed E-state index contributed by atoms with van der Waals surface area (Å²) in [6, 6.07) is -0.629. The van der Waals surface area contributed by atoms with Crippen molar-refractivity contribution < 1.29 is 19.4 Å². The van der Waals surface area contributed by atoms with Gasteiger partial charge in [-0.25, -0.2) is 4.79 Å². The van der Waals surface area contributed by atoms with Crippen molar-refractivity contribution in [1.29, 1.82) is 0 Å². The van der Waals surface area contributed by atoms with Gasteiger partial charge in [-0.15, -0.1) is 0 Å². The first-order valence-electron chi connectivity index (χ1n) is 5.66. The van der Waals surface area contributed by atoms with Crippen LogP contribution < -0.4 is 0 Å². The number of amides is 1. The molecule has 3 unspecified atom stereocenters. The Labute approximate surface area is 94.4 Å². The van der Waals surface area contributed by atoms with E-state index in [-0.39, 0.29) is 18.4 Å². The van der Waals surface area contributed by atoms with Gasteiger partial charge >= 0.3 is 5.97 Å². The highest BCUT2D eigenvalue weighted by molar-refractivity contribution is 5.85. The molecule has 1 saturated heterocycles. The number of carbonyl (C=O) groups excluding carboxylic acids is 1. The Hall–Kier alpha value is -1.10. The summed E-state index contributed by atoms with van der Waals surface area (Å²) in [7, 11) is 1.45. The molecule has 16 heavy (non-hydrogen) atoms. The third kappa shape index (κ3) is 1.80. The van der Waals surface area contributed by atoms with Crippen LogP contribution in [0, 0.1) is 11.8 Å². The maximum Gasteiger partial charge on any atom is 0.326 e. The van der Waals surface area contributed by atoms with E-state index < -0.39 is 12.0 Å². The highest BCUT2D eigenvalue weighted by atomic mass is 16.5. The van der Waals surface area contributed by atoms with E-state index in [1.807, 2.05) is 0 Å². The average molecular weight is 227 g/mol. The molecule has 2 rings (SSSR count). The molecule has 1 saturated carbocycles. The fraction of sp³-hybridized carbons (Fsp3) is 0.818. The summed E-state index contributed by atoms with van der Waals surface area (Å²) in [5.74, 6) is -0.552. The summed E-state index contributed by atoms with van der Waals surface area (Å²) in [6.45, 7) is 0.563. The molecule has 5 nitrogen and oxygen atoms in total. The Morgan fingerprint density at radius 2 is 2.19 bits per heavy atom. The second-order valence-electron chi connectivity index (χ2n) is 4.62. The molecule has 1 amide bonds. The number of nitrogens with zero attached hydrogens (tertiary/aromatic N) is 1. The third-order valence-corrected chi connectivity index (χ3v) is 3.73. The highest BCUT2D eigenvalue weighted by Gasteiger charge is 2.49. The number of rotatable bonds is 3. The molecule has 2 aliphatic rings. The standard InChI is InChI=1S/C11H17NO4/c1-16-6-9(13)12-5-7-3-2-4-8(7)10(12)11(14)15/h7-8,10H,2-6H2,1H3,(H,14,15). The van der Waals surface area contributed by atoms with Crippen LogP contribution >= 0.6 is 0 Å². The number of ether oxygens (including phenoxy) is 1. The number of fused-ring (bicyclic) bond motifs is 1. The molecule has 0 aromatic carbocycles. The van der Waals surface area contributed by atoms with Gasteiger partial charge in [-0.3, -0.25) is 4.79 Å². The topological polar surface area (TPSA) is 66.8 Å². The normalized spacial score (nSPS) is 32.8. The lowest BCUT2D eigenvalue weighted by atomic mass is 9.94. The van der Waals surface area contributed by atoms with Gasteiger partial charge in [0.2, 0.25) is 5.91 Å². The molecule has 0 aromatic rings. The van der Waals surface area contributed by atoms with E-state index in [1.54, 1.807) is 0 Å². The van der Waals surface area contributed by atoms with E-state index in [0.717, 1.165) is 19.3 Å². The monoisotopic (exact) mass is 227 g/mol. The van der Waals surface area contributed by atoms with Crippen molar-refractivity contribution in [3.05, 3.63) is 0 Å². The molecule has 1 aliphatic heterocycles. The number of hydrogen-bond donors (Lipinski definition) is 1. The van der Waals surface area contributed by atoms with Crippen molar-refractivity contribution in [3.63, 3.8) is 0 Å². The number of carboxylic acid groups (broad SMARTS) is 1. The summed E-state index contributed by atoms with van der Waals surface area (Å²) in [6.07, 6.45) is 3.06. The van der Waals surface area contributed by atoms with Crippen LogP contribution in [0.1, 0.15) is 19.3 Å². The Morgan fingerprint density at radius 3 is 2.81 bits per heavy atom. The van der Waals surface area contributed by atoms with E-state index in [1.165, 1.54) is 12.0 Å². The number of aliphatic carboxylic acids is 1. The molecule has 1 heterocycles. The Morgan fingerprint density at radius 1 is 1.44 bits per heavy atom. The molecule has 1 aliphatic carbocycles. The smallest absolute Gasteiger partial charge is 0.326 e. The Balaban J connectivity index is 2.13. The first-order chi connectivity index (χ1) is 7.65. The van der Waals surface area contributed by atoms with Crippen LogP contribution in [-0.2, 0) is 14.3 Å². The van der Waals surface area contributed by atoms with Crippen molar-refractivity contribution >= 4 is 11.9 Å². The van der Waals surface area contributed by atoms with Gasteiger partial charge in [-0.2, -0.15) is 0 Å². The van der Waals surface area contributed by atoms with E-state index in [0.29, 0.717) is 12.5 Å². The number of methoxy groups -OCH3 is 1. The van der Waals surface area contributed by atoms with Crippen LogP contribution in [0.5, 0.6) is 0 Å². The number of hydrogen-bond acceptors (Lipinski definition) is 3. The van der Waals surface area contributed by atoms with Gasteiger partial charge in [0.1, 0.15) is 12.6 Å². The van der Waals surface area contributed by atoms with Crippen molar-refractivity contribution in [3.8, 4) is 0 Å². The third-order valence-electron chi connectivity index (χ3n) is 3.73. The van der Waals surface area contributed by atoms with Gasteiger partial charge in [0.25, 0.3) is 0 Å². The van der Waals surface area contributed by atoms with Crippen LogP contribution in [0.4, 0.5) is 0 Å². The van der Waals surface area contributed by atoms with Gasteiger partial charge in [-0.1, -0.05) is 6.42 Å². The minimum absolute atomic E-state index is 0.0246. The minimum atomic E-state index is -0.876. The molecular formula is C11H17NO4. The average Bonchev–Trinajstić information content (AvgIpc) is 2.74. The fourth-order valence-corrected chi connectivity index (χ4v) is 3.08. The molecule has 0 bridgehead atoms. The molecule has 0 radical (unpaired) electrons. The number of carboxylic acids is 1. The first-order valence-corrected chi connectivity index (χ1v) is 5.66. The lowest BCUT2D eigenvalue weighted by Crippen LogP contribution is -2.44. The molecule has 3 atom stereocenters. The summed E-state index contributed by atoms with van der Waals surface area (Å²) < 4.78 is 4.78. The maximum atomic E-state index is 11.7. The van der Waals surface area contributed by atoms with Crippen molar-refractivity contribution in [1.82, 2.24) is 4.90 Å². The van der Waals surface area contributed by atoms with E-state index in [9.17, 15) is 14.7 Å². The van der Waals surface area contributed by atoms with Crippen LogP contribution in [0.3, 0.4) is 0 Å². The summed E-state index contributed by atoms with van der Waals surface area (Å²) in [4.78, 5) is 24.4. The van der Waals surface area contributed by atoms with Gasteiger partial charge in [0, 0.05) is 13.7 Å². The fourth-order valence-electron chi connectivity index (χ4n) is 3.08. The van der Waals surface area contributed by atoms with Crippen molar-refractivity contribution in [2.24, 2.45) is 11.8 Å². The second-order valence-corrected chi connectivity index (χ2v) is 4.62.